The lowest BCUT2D eigenvalue weighted by Gasteiger charge is -2.33. The van der Waals surface area contributed by atoms with Gasteiger partial charge in [0.2, 0.25) is 27.7 Å². The van der Waals surface area contributed by atoms with Crippen LogP contribution in [0, 0.1) is 35.4 Å². The van der Waals surface area contributed by atoms with Crippen molar-refractivity contribution in [1.82, 2.24) is 25.2 Å². The quantitative estimate of drug-likeness (QED) is 0.321. The number of halogens is 1. The Morgan fingerprint density at radius 3 is 2.51 bits per heavy atom. The molecule has 0 spiro atoms. The van der Waals surface area contributed by atoms with Crippen molar-refractivity contribution in [3.8, 4) is 11.6 Å². The van der Waals surface area contributed by atoms with Crippen LogP contribution in [0.25, 0.3) is 10.8 Å². The van der Waals surface area contributed by atoms with Crippen molar-refractivity contribution >= 4 is 44.6 Å². The van der Waals surface area contributed by atoms with E-state index in [9.17, 15) is 32.0 Å². The Labute approximate surface area is 332 Å². The number of nitrogens with one attached hydrogen (secondary N) is 3. The van der Waals surface area contributed by atoms with E-state index in [-0.39, 0.29) is 49.0 Å². The monoisotopic (exact) mass is 809 g/mol. The Bertz CT molecular complexity index is 2100. The minimum absolute atomic E-state index is 0.0382. The lowest BCUT2D eigenvalue weighted by atomic mass is 9.88. The first-order chi connectivity index (χ1) is 27.1. The third-order valence-corrected chi connectivity index (χ3v) is 15.4. The van der Waals surface area contributed by atoms with Gasteiger partial charge >= 0.3 is 6.09 Å². The number of alkyl carbamates (subject to hydrolysis) is 1. The summed E-state index contributed by atoms with van der Waals surface area (Å²) in [6.45, 7) is 5.45. The number of ether oxygens (including phenoxy) is 3. The first-order valence-electron chi connectivity index (χ1n) is 20.2. The molecule has 10 atom stereocenters. The molecule has 4 amide bonds. The summed E-state index contributed by atoms with van der Waals surface area (Å²) >= 11 is 0. The van der Waals surface area contributed by atoms with E-state index in [0.717, 1.165) is 25.7 Å². The van der Waals surface area contributed by atoms with E-state index in [1.54, 1.807) is 13.0 Å². The van der Waals surface area contributed by atoms with Gasteiger partial charge in [-0.25, -0.2) is 22.6 Å². The van der Waals surface area contributed by atoms with Crippen molar-refractivity contribution in [2.24, 2.45) is 29.6 Å². The number of rotatable bonds is 8. The maximum Gasteiger partial charge on any atom is 0.408 e. The molecule has 3 N–H and O–H groups in total. The maximum absolute atomic E-state index is 14.9. The Morgan fingerprint density at radius 2 is 1.79 bits per heavy atom. The van der Waals surface area contributed by atoms with Gasteiger partial charge in [-0.05, 0) is 101 Å². The molecule has 1 aromatic heterocycles. The fraction of sp³-hybridized carbons (Fsp3) is 0.634. The van der Waals surface area contributed by atoms with E-state index < -0.39 is 74.0 Å². The number of benzene rings is 1. The zero-order chi connectivity index (χ0) is 40.4. The van der Waals surface area contributed by atoms with E-state index in [1.807, 2.05) is 19.1 Å². The third kappa shape index (κ3) is 7.77. The van der Waals surface area contributed by atoms with Crippen molar-refractivity contribution in [3.05, 3.63) is 42.4 Å². The van der Waals surface area contributed by atoms with Gasteiger partial charge < -0.3 is 29.7 Å². The minimum Gasteiger partial charge on any atom is -0.496 e. The summed E-state index contributed by atoms with van der Waals surface area (Å²) in [5.41, 5.74) is -1.56. The second-order valence-corrected chi connectivity index (χ2v) is 19.9. The summed E-state index contributed by atoms with van der Waals surface area (Å²) in [7, 11) is -2.60. The number of aromatic nitrogens is 1. The number of carbonyl (C=O) groups excluding carboxylic acids is 4. The zero-order valence-corrected chi connectivity index (χ0v) is 33.6. The lowest BCUT2D eigenvalue weighted by Crippen LogP contribution is -2.59. The molecule has 3 heterocycles. The average molecular weight is 810 g/mol. The molecule has 0 radical (unpaired) electrons. The van der Waals surface area contributed by atoms with E-state index in [0.29, 0.717) is 48.3 Å². The van der Waals surface area contributed by atoms with Crippen LogP contribution in [-0.2, 0) is 29.1 Å². The summed E-state index contributed by atoms with van der Waals surface area (Å²) in [5.74, 6) is -1.76. The largest absolute Gasteiger partial charge is 0.496 e. The number of sulfonamides is 1. The Morgan fingerprint density at radius 1 is 1.04 bits per heavy atom. The highest BCUT2D eigenvalue weighted by Crippen LogP contribution is 2.52. The molecule has 308 valence electrons. The number of pyridine rings is 1. The molecule has 1 aromatic carbocycles. The fourth-order valence-corrected chi connectivity index (χ4v) is 10.6. The van der Waals surface area contributed by atoms with Crippen LogP contribution in [0.5, 0.6) is 11.6 Å². The predicted octanol–water partition coefficient (Wildman–Crippen LogP) is 4.51. The molecule has 0 bridgehead atoms. The number of amides is 4. The summed E-state index contributed by atoms with van der Waals surface area (Å²) < 4.78 is 59.9. The first kappa shape index (κ1) is 39.4. The zero-order valence-electron chi connectivity index (χ0n) is 32.8. The van der Waals surface area contributed by atoms with Gasteiger partial charge in [-0.2, -0.15) is 0 Å². The molecule has 5 fully saturated rings. The lowest BCUT2D eigenvalue weighted by molar-refractivity contribution is -0.142. The van der Waals surface area contributed by atoms with Crippen molar-refractivity contribution in [2.75, 3.05) is 13.7 Å². The van der Waals surface area contributed by atoms with Crippen LogP contribution in [0.1, 0.15) is 85.0 Å². The number of hydrogen-bond acceptors (Lipinski definition) is 10. The summed E-state index contributed by atoms with van der Waals surface area (Å²) in [6.07, 6.45) is 9.33. The average Bonchev–Trinajstić information content (AvgIpc) is 4.12. The number of fused-ring (bicyclic) bond motifs is 4. The second kappa shape index (κ2) is 14.7. The van der Waals surface area contributed by atoms with E-state index >= 15 is 0 Å². The van der Waals surface area contributed by atoms with Crippen molar-refractivity contribution in [2.45, 2.75) is 120 Å². The van der Waals surface area contributed by atoms with Crippen LogP contribution in [0.3, 0.4) is 0 Å². The summed E-state index contributed by atoms with van der Waals surface area (Å²) in [6, 6.07) is 1.94. The molecule has 6 aliphatic rings. The smallest absolute Gasteiger partial charge is 0.408 e. The highest BCUT2D eigenvalue weighted by atomic mass is 32.2. The van der Waals surface area contributed by atoms with Crippen molar-refractivity contribution in [3.63, 3.8) is 0 Å². The topological polar surface area (TPSA) is 182 Å². The van der Waals surface area contributed by atoms with Gasteiger partial charge in [-0.15, -0.1) is 0 Å². The number of methoxy groups -OCH3 is 1. The SMILES string of the molecule is COc1cc(F)cc2c(O[C@@H]3C[C@H]4C(=O)N[C@]5(C(=O)NS(=O)(=O)C6(C)CC6)C[C@H]5/C=C\CC[C@@H](C)C[C@@H](C)[C@H](NC(=O)OC5C[C@@H]6C[C@@H]6C5)C(=O)N4C3)nccc12. The Balaban J connectivity index is 1.11. The number of hydrogen-bond donors (Lipinski definition) is 3. The number of allylic oxidation sites excluding steroid dienone is 1. The van der Waals surface area contributed by atoms with Gasteiger partial charge in [-0.3, -0.25) is 19.1 Å². The first-order valence-corrected chi connectivity index (χ1v) is 21.7. The summed E-state index contributed by atoms with van der Waals surface area (Å²) in [5, 5.41) is 6.63. The highest BCUT2D eigenvalue weighted by molar-refractivity contribution is 7.91. The van der Waals surface area contributed by atoms with Crippen LogP contribution in [0.2, 0.25) is 0 Å². The van der Waals surface area contributed by atoms with Gasteiger partial charge in [0.15, 0.2) is 0 Å². The second-order valence-electron chi connectivity index (χ2n) is 17.7. The molecule has 4 saturated carbocycles. The van der Waals surface area contributed by atoms with Gasteiger partial charge in [0.05, 0.1) is 23.8 Å². The van der Waals surface area contributed by atoms with Gasteiger partial charge in [0, 0.05) is 30.0 Å². The van der Waals surface area contributed by atoms with Crippen LogP contribution in [0.4, 0.5) is 9.18 Å². The molecule has 4 aliphatic carbocycles. The molecule has 2 aromatic rings. The van der Waals surface area contributed by atoms with E-state index in [1.165, 1.54) is 30.3 Å². The predicted molar refractivity (Wildman–Crippen MR) is 206 cm³/mol. The molecule has 57 heavy (non-hydrogen) atoms. The van der Waals surface area contributed by atoms with Gasteiger partial charge in [-0.1, -0.05) is 26.0 Å². The van der Waals surface area contributed by atoms with Crippen LogP contribution < -0.4 is 24.8 Å². The Kier molecular flexibility index (Phi) is 10.2. The third-order valence-electron chi connectivity index (χ3n) is 13.3. The Hall–Kier alpha value is -4.47. The molecule has 1 saturated heterocycles. The van der Waals surface area contributed by atoms with Gasteiger partial charge in [0.25, 0.3) is 5.91 Å². The van der Waals surface area contributed by atoms with Crippen LogP contribution in [-0.4, -0.2) is 90.3 Å². The summed E-state index contributed by atoms with van der Waals surface area (Å²) in [4.78, 5) is 62.5. The molecular weight excluding hydrogens is 758 g/mol. The molecule has 14 nitrogen and oxygen atoms in total. The molecular formula is C41H52FN5O9S. The van der Waals surface area contributed by atoms with Crippen molar-refractivity contribution in [1.29, 1.82) is 0 Å². The van der Waals surface area contributed by atoms with Crippen LogP contribution >= 0.6 is 0 Å². The minimum atomic E-state index is -4.02. The molecule has 1 unspecified atom stereocenters. The molecule has 16 heteroatoms. The highest BCUT2D eigenvalue weighted by Gasteiger charge is 2.63. The van der Waals surface area contributed by atoms with Crippen molar-refractivity contribution < 1.29 is 46.2 Å². The van der Waals surface area contributed by atoms with E-state index in [2.05, 4.69) is 27.3 Å². The molecule has 2 aliphatic heterocycles. The number of carbonyl (C=O) groups is 4. The standard InChI is InChI=1S/C41H52FN5O9S/c1-22-7-5-6-8-26-20-41(26,38(50)46-57(52,53)40(3)10-11-40)45-35(48)32-19-29(55-36-31-17-27(42)18-33(54-4)30(31)9-12-43-36)21-47(32)37(49)34(23(2)13-22)44-39(51)56-28-15-24-14-25(24)16-28/h6,8-9,12,17-18,22-26,28-29,32,34H,5,7,10-11,13-16,19-21H2,1-4H3,(H,44,51)(H,45,48)(H,46,50)/b8-6-/t22-,23-,24-,25+,26-,28?,29-,32+,34+,41-/m1/s1. The normalized spacial score (nSPS) is 35.0. The van der Waals surface area contributed by atoms with Gasteiger partial charge in [0.1, 0.15) is 41.4 Å². The maximum atomic E-state index is 14.9. The fourth-order valence-electron chi connectivity index (χ4n) is 9.28. The number of nitrogens with zero attached hydrogens (tertiary/aromatic N) is 2. The van der Waals surface area contributed by atoms with Crippen LogP contribution in [0.15, 0.2) is 36.5 Å². The van der Waals surface area contributed by atoms with E-state index in [4.69, 9.17) is 14.2 Å². The molecule has 8 rings (SSSR count).